The van der Waals surface area contributed by atoms with Crippen LogP contribution in [0, 0.1) is 0 Å². The van der Waals surface area contributed by atoms with Gasteiger partial charge < -0.3 is 20.3 Å². The third-order valence-electron chi connectivity index (χ3n) is 3.78. The molecule has 0 spiro atoms. The molecule has 0 saturated carbocycles. The zero-order chi connectivity index (χ0) is 18.5. The molecule has 0 aliphatic rings. The molecule has 7 heteroatoms. The van der Waals surface area contributed by atoms with E-state index in [2.05, 4.69) is 5.10 Å². The van der Waals surface area contributed by atoms with Crippen LogP contribution >= 0.6 is 0 Å². The minimum atomic E-state index is -1.08. The Balaban J connectivity index is 2.00. The molecule has 3 aromatic rings. The second-order valence-corrected chi connectivity index (χ2v) is 5.49. The Morgan fingerprint density at radius 3 is 2.35 bits per heavy atom. The lowest BCUT2D eigenvalue weighted by atomic mass is 10.1. The molecule has 0 bridgehead atoms. The van der Waals surface area contributed by atoms with Crippen LogP contribution in [0.5, 0.6) is 11.5 Å². The first-order chi connectivity index (χ1) is 12.6. The smallest absolute Gasteiger partial charge is 0.356 e. The fourth-order valence-corrected chi connectivity index (χ4v) is 2.51. The maximum atomic E-state index is 11.4. The summed E-state index contributed by atoms with van der Waals surface area (Å²) in [6.45, 7) is 0.875. The Hall–Kier alpha value is -3.32. The summed E-state index contributed by atoms with van der Waals surface area (Å²) in [7, 11) is 1.59. The minimum absolute atomic E-state index is 0.0284. The monoisotopic (exact) mass is 353 g/mol. The molecule has 3 N–H and O–H groups in total. The van der Waals surface area contributed by atoms with E-state index in [-0.39, 0.29) is 5.69 Å². The number of ether oxygens (including phenoxy) is 2. The number of nitrogens with two attached hydrogens (primary N) is 1. The van der Waals surface area contributed by atoms with Gasteiger partial charge in [-0.25, -0.2) is 9.48 Å². The van der Waals surface area contributed by atoms with Gasteiger partial charge in [-0.3, -0.25) is 0 Å². The van der Waals surface area contributed by atoms with Gasteiger partial charge >= 0.3 is 5.97 Å². The fraction of sp³-hybridized carbons (Fsp3) is 0.158. The average Bonchev–Trinajstić information content (AvgIpc) is 3.12. The highest BCUT2D eigenvalue weighted by Gasteiger charge is 2.16. The van der Waals surface area contributed by atoms with Gasteiger partial charge in [-0.2, -0.15) is 5.10 Å². The Kier molecular flexibility index (Phi) is 5.19. The molecular formula is C19H19N3O4. The number of aromatic nitrogens is 2. The van der Waals surface area contributed by atoms with Crippen molar-refractivity contribution in [1.82, 2.24) is 9.78 Å². The first-order valence-corrected chi connectivity index (χ1v) is 8.03. The summed E-state index contributed by atoms with van der Waals surface area (Å²) in [4.78, 5) is 11.4. The Labute approximate surface area is 150 Å². The molecule has 1 aromatic heterocycles. The quantitative estimate of drug-likeness (QED) is 0.677. The van der Waals surface area contributed by atoms with Crippen molar-refractivity contribution in [2.24, 2.45) is 5.73 Å². The van der Waals surface area contributed by atoms with E-state index in [1.54, 1.807) is 30.0 Å². The summed E-state index contributed by atoms with van der Waals surface area (Å²) in [5, 5.41) is 13.5. The van der Waals surface area contributed by atoms with Crippen molar-refractivity contribution < 1.29 is 19.4 Å². The van der Waals surface area contributed by atoms with Crippen LogP contribution in [0.1, 0.15) is 10.5 Å². The van der Waals surface area contributed by atoms with Gasteiger partial charge in [0.2, 0.25) is 0 Å². The van der Waals surface area contributed by atoms with Crippen molar-refractivity contribution in [1.29, 1.82) is 0 Å². The second kappa shape index (κ2) is 7.71. The SMILES string of the molecule is COc1ccc(-n2nc(C(=O)O)cc2-c2ccc(OCCN)cc2)cc1. The van der Waals surface area contributed by atoms with Gasteiger partial charge in [-0.15, -0.1) is 0 Å². The highest BCUT2D eigenvalue weighted by Crippen LogP contribution is 2.27. The zero-order valence-electron chi connectivity index (χ0n) is 14.3. The van der Waals surface area contributed by atoms with Gasteiger partial charge in [0, 0.05) is 12.1 Å². The summed E-state index contributed by atoms with van der Waals surface area (Å²) in [6, 6.07) is 16.1. The van der Waals surface area contributed by atoms with E-state index in [9.17, 15) is 9.90 Å². The van der Waals surface area contributed by atoms with Crippen LogP contribution in [0.2, 0.25) is 0 Å². The Morgan fingerprint density at radius 1 is 1.12 bits per heavy atom. The predicted molar refractivity (Wildman–Crippen MR) is 97.1 cm³/mol. The van der Waals surface area contributed by atoms with Crippen molar-refractivity contribution in [3.8, 4) is 28.4 Å². The van der Waals surface area contributed by atoms with E-state index < -0.39 is 5.97 Å². The molecule has 0 fully saturated rings. The van der Waals surface area contributed by atoms with Gasteiger partial charge in [0.05, 0.1) is 18.5 Å². The third kappa shape index (κ3) is 3.68. The third-order valence-corrected chi connectivity index (χ3v) is 3.78. The number of carboxylic acid groups (broad SMARTS) is 1. The first kappa shape index (κ1) is 17.5. The van der Waals surface area contributed by atoms with Gasteiger partial charge in [0.25, 0.3) is 0 Å². The lowest BCUT2D eigenvalue weighted by Crippen LogP contribution is -2.10. The number of carboxylic acids is 1. The van der Waals surface area contributed by atoms with Gasteiger partial charge in [0.1, 0.15) is 18.1 Å². The lowest BCUT2D eigenvalue weighted by molar-refractivity contribution is 0.0690. The topological polar surface area (TPSA) is 99.6 Å². The van der Waals surface area contributed by atoms with Crippen molar-refractivity contribution >= 4 is 5.97 Å². The highest BCUT2D eigenvalue weighted by molar-refractivity contribution is 5.87. The second-order valence-electron chi connectivity index (χ2n) is 5.49. The van der Waals surface area contributed by atoms with E-state index in [0.717, 1.165) is 11.3 Å². The molecular weight excluding hydrogens is 334 g/mol. The Bertz CT molecular complexity index is 886. The molecule has 0 atom stereocenters. The number of hydrogen-bond acceptors (Lipinski definition) is 5. The number of rotatable bonds is 7. The van der Waals surface area contributed by atoms with E-state index >= 15 is 0 Å². The Morgan fingerprint density at radius 2 is 1.77 bits per heavy atom. The zero-order valence-corrected chi connectivity index (χ0v) is 14.3. The predicted octanol–water partition coefficient (Wildman–Crippen LogP) is 2.58. The molecule has 0 amide bonds. The van der Waals surface area contributed by atoms with Gasteiger partial charge in [-0.05, 0) is 54.6 Å². The largest absolute Gasteiger partial charge is 0.497 e. The molecule has 0 unspecified atom stereocenters. The molecule has 0 aliphatic heterocycles. The lowest BCUT2D eigenvalue weighted by Gasteiger charge is -2.09. The van der Waals surface area contributed by atoms with Crippen molar-refractivity contribution in [2.45, 2.75) is 0 Å². The van der Waals surface area contributed by atoms with Crippen molar-refractivity contribution in [2.75, 3.05) is 20.3 Å². The highest BCUT2D eigenvalue weighted by atomic mass is 16.5. The summed E-state index contributed by atoms with van der Waals surface area (Å²) < 4.78 is 12.2. The van der Waals surface area contributed by atoms with Crippen molar-refractivity contribution in [3.63, 3.8) is 0 Å². The van der Waals surface area contributed by atoms with E-state index in [1.165, 1.54) is 0 Å². The summed E-state index contributed by atoms with van der Waals surface area (Å²) in [5.41, 5.74) is 7.62. The summed E-state index contributed by atoms with van der Waals surface area (Å²) >= 11 is 0. The minimum Gasteiger partial charge on any atom is -0.497 e. The van der Waals surface area contributed by atoms with Crippen LogP contribution in [-0.2, 0) is 0 Å². The number of carbonyl (C=O) groups is 1. The van der Waals surface area contributed by atoms with Gasteiger partial charge in [0.15, 0.2) is 5.69 Å². The summed E-state index contributed by atoms with van der Waals surface area (Å²) in [5.74, 6) is 0.330. The maximum Gasteiger partial charge on any atom is 0.356 e. The van der Waals surface area contributed by atoms with Gasteiger partial charge in [-0.1, -0.05) is 0 Å². The van der Waals surface area contributed by atoms with Crippen LogP contribution in [-0.4, -0.2) is 41.1 Å². The molecule has 134 valence electrons. The van der Waals surface area contributed by atoms with Crippen LogP contribution in [0.25, 0.3) is 16.9 Å². The number of methoxy groups -OCH3 is 1. The van der Waals surface area contributed by atoms with Crippen LogP contribution in [0.3, 0.4) is 0 Å². The maximum absolute atomic E-state index is 11.4. The molecule has 1 heterocycles. The first-order valence-electron chi connectivity index (χ1n) is 8.03. The molecule has 26 heavy (non-hydrogen) atoms. The molecule has 3 rings (SSSR count). The van der Waals surface area contributed by atoms with E-state index in [4.69, 9.17) is 15.2 Å². The van der Waals surface area contributed by atoms with E-state index in [0.29, 0.717) is 30.3 Å². The van der Waals surface area contributed by atoms with Crippen LogP contribution in [0.4, 0.5) is 0 Å². The normalized spacial score (nSPS) is 10.5. The van der Waals surface area contributed by atoms with Crippen LogP contribution < -0.4 is 15.2 Å². The fourth-order valence-electron chi connectivity index (χ4n) is 2.51. The molecule has 0 saturated heterocycles. The standard InChI is InChI=1S/C19H19N3O4/c1-25-15-8-4-14(5-9-15)22-18(12-17(21-22)19(23)24)13-2-6-16(7-3-13)26-11-10-20/h2-9,12H,10-11,20H2,1H3,(H,23,24). The number of benzene rings is 2. The number of hydrogen-bond donors (Lipinski definition) is 2. The molecule has 0 radical (unpaired) electrons. The molecule has 7 nitrogen and oxygen atoms in total. The number of nitrogens with zero attached hydrogens (tertiary/aromatic N) is 2. The van der Waals surface area contributed by atoms with Crippen LogP contribution in [0.15, 0.2) is 54.6 Å². The molecule has 0 aliphatic carbocycles. The van der Waals surface area contributed by atoms with E-state index in [1.807, 2.05) is 36.4 Å². The summed E-state index contributed by atoms with van der Waals surface area (Å²) in [6.07, 6.45) is 0. The average molecular weight is 353 g/mol. The number of aromatic carboxylic acids is 1. The molecule has 2 aromatic carbocycles. The van der Waals surface area contributed by atoms with Crippen molar-refractivity contribution in [3.05, 3.63) is 60.3 Å².